The second-order valence-electron chi connectivity index (χ2n) is 11.3. The summed E-state index contributed by atoms with van der Waals surface area (Å²) in [5.74, 6) is 0.568. The molecule has 5 rings (SSSR count). The van der Waals surface area contributed by atoms with Gasteiger partial charge in [-0.05, 0) is 70.0 Å². The van der Waals surface area contributed by atoms with E-state index in [1.165, 1.54) is 43.4 Å². The lowest BCUT2D eigenvalue weighted by molar-refractivity contribution is 0.0696. The monoisotopic (exact) mass is 538 g/mol. The normalized spacial score (nSPS) is 17.8. The number of aromatic nitrogens is 2. The summed E-state index contributed by atoms with van der Waals surface area (Å²) in [5.41, 5.74) is 3.08. The van der Waals surface area contributed by atoms with Crippen molar-refractivity contribution in [2.75, 3.05) is 13.2 Å². The summed E-state index contributed by atoms with van der Waals surface area (Å²) >= 11 is 3.17. The molecule has 0 unspecified atom stereocenters. The summed E-state index contributed by atoms with van der Waals surface area (Å²) in [4.78, 5) is 25.3. The molecule has 1 aliphatic heterocycles. The van der Waals surface area contributed by atoms with Crippen LogP contribution in [0.2, 0.25) is 0 Å². The van der Waals surface area contributed by atoms with Gasteiger partial charge in [0.1, 0.15) is 0 Å². The molecule has 2 aromatic heterocycles. The first kappa shape index (κ1) is 26.6. The first-order valence-electron chi connectivity index (χ1n) is 13.6. The molecule has 198 valence electrons. The van der Waals surface area contributed by atoms with Crippen LogP contribution in [-0.2, 0) is 11.2 Å². The van der Waals surface area contributed by atoms with Gasteiger partial charge >= 0.3 is 0 Å². The Labute approximate surface area is 228 Å². The maximum atomic E-state index is 13.3. The number of thiazole rings is 1. The van der Waals surface area contributed by atoms with Crippen LogP contribution in [0.25, 0.3) is 21.3 Å². The largest absolute Gasteiger partial charge is 0.381 e. The predicted molar refractivity (Wildman–Crippen MR) is 153 cm³/mol. The molecule has 0 bridgehead atoms. The van der Waals surface area contributed by atoms with E-state index in [1.54, 1.807) is 11.9 Å². The second kappa shape index (κ2) is 11.8. The highest BCUT2D eigenvalue weighted by Crippen LogP contribution is 2.40. The third-order valence-electron chi connectivity index (χ3n) is 7.10. The topological polar surface area (TPSA) is 76.1 Å². The lowest BCUT2D eigenvalue weighted by Gasteiger charge is -2.22. The Hall–Kier alpha value is -2.00. The van der Waals surface area contributed by atoms with Crippen molar-refractivity contribution in [2.24, 2.45) is 5.92 Å². The quantitative estimate of drug-likeness (QED) is 0.323. The number of nitrogens with one attached hydrogen (secondary N) is 2. The predicted octanol–water partition coefficient (Wildman–Crippen LogP) is 6.79. The minimum absolute atomic E-state index is 0.00453. The number of pyridine rings is 1. The molecule has 1 saturated heterocycles. The van der Waals surface area contributed by atoms with Crippen LogP contribution in [0.4, 0.5) is 0 Å². The Morgan fingerprint density at radius 3 is 2.65 bits per heavy atom. The summed E-state index contributed by atoms with van der Waals surface area (Å²) < 4.78 is 8.99. The number of rotatable bonds is 7. The van der Waals surface area contributed by atoms with Crippen molar-refractivity contribution in [1.29, 1.82) is 0 Å². The second-order valence-corrected chi connectivity index (χ2v) is 13.2. The van der Waals surface area contributed by atoms with Gasteiger partial charge < -0.3 is 10.1 Å². The fourth-order valence-electron chi connectivity index (χ4n) is 5.18. The van der Waals surface area contributed by atoms with E-state index < -0.39 is 0 Å². The molecule has 6 nitrogen and oxygen atoms in total. The zero-order valence-corrected chi connectivity index (χ0v) is 23.8. The van der Waals surface area contributed by atoms with E-state index in [0.29, 0.717) is 24.1 Å². The van der Waals surface area contributed by atoms with Crippen LogP contribution in [0.3, 0.4) is 0 Å². The number of nitrogens with zero attached hydrogens (tertiary/aromatic N) is 2. The van der Waals surface area contributed by atoms with Gasteiger partial charge in [-0.2, -0.15) is 0 Å². The number of carbonyl (C=O) groups is 1. The van der Waals surface area contributed by atoms with E-state index in [9.17, 15) is 4.79 Å². The summed E-state index contributed by atoms with van der Waals surface area (Å²) in [6, 6.07) is 8.63. The van der Waals surface area contributed by atoms with Gasteiger partial charge in [0.2, 0.25) is 0 Å². The first-order chi connectivity index (χ1) is 17.9. The van der Waals surface area contributed by atoms with Crippen LogP contribution in [0.15, 0.2) is 35.4 Å². The minimum Gasteiger partial charge on any atom is -0.381 e. The lowest BCUT2D eigenvalue weighted by atomic mass is 9.85. The van der Waals surface area contributed by atoms with E-state index in [4.69, 9.17) is 14.7 Å². The number of fused-ring (bicyclic) bond motifs is 1. The summed E-state index contributed by atoms with van der Waals surface area (Å²) in [6.07, 6.45) is 10.9. The van der Waals surface area contributed by atoms with Gasteiger partial charge in [-0.3, -0.25) is 14.5 Å². The van der Waals surface area contributed by atoms with Crippen molar-refractivity contribution >= 4 is 40.1 Å². The molecule has 1 saturated carbocycles. The highest BCUT2D eigenvalue weighted by Gasteiger charge is 2.25. The molecule has 1 aromatic carbocycles. The third kappa shape index (κ3) is 6.72. The SMILES string of the molecule is CC(C)(C)NSc1ccc(-c2sc(C(=O)NC3CCOCC3)nc2CC2CCCCC2)c2ncccc12. The number of benzene rings is 1. The maximum Gasteiger partial charge on any atom is 0.280 e. The van der Waals surface area contributed by atoms with Crippen LogP contribution in [-0.4, -0.2) is 40.7 Å². The maximum absolute atomic E-state index is 13.3. The standard InChI is InChI=1S/C29H38N4O2S2/c1-29(2,3)33-37-24-12-11-22(25-21(24)10-7-15-30-25)26-23(18-19-8-5-4-6-9-19)32-28(36-26)27(34)31-20-13-16-35-17-14-20/h7,10-12,15,19-20,33H,4-6,8-9,13-14,16-18H2,1-3H3,(H,31,34). The van der Waals surface area contributed by atoms with Crippen LogP contribution < -0.4 is 10.0 Å². The fourth-order valence-corrected chi connectivity index (χ4v) is 7.03. The Kier molecular flexibility index (Phi) is 8.49. The number of amides is 1. The molecule has 2 N–H and O–H groups in total. The molecule has 8 heteroatoms. The third-order valence-corrected chi connectivity index (χ3v) is 9.52. The van der Waals surface area contributed by atoms with Crippen molar-refractivity contribution in [1.82, 2.24) is 20.0 Å². The Balaban J connectivity index is 1.50. The fraction of sp³-hybridized carbons (Fsp3) is 0.552. The molecule has 1 aliphatic carbocycles. The summed E-state index contributed by atoms with van der Waals surface area (Å²) in [6.45, 7) is 7.89. The van der Waals surface area contributed by atoms with Crippen LogP contribution >= 0.6 is 23.3 Å². The van der Waals surface area contributed by atoms with Gasteiger partial charge in [0, 0.05) is 46.8 Å². The minimum atomic E-state index is -0.0631. The van der Waals surface area contributed by atoms with Gasteiger partial charge in [-0.15, -0.1) is 11.3 Å². The van der Waals surface area contributed by atoms with Crippen LogP contribution in [0, 0.1) is 5.92 Å². The molecular formula is C29H38N4O2S2. The molecule has 0 spiro atoms. The number of hydrogen-bond donors (Lipinski definition) is 2. The van der Waals surface area contributed by atoms with Gasteiger partial charge in [0.15, 0.2) is 5.01 Å². The first-order valence-corrected chi connectivity index (χ1v) is 15.2. The van der Waals surface area contributed by atoms with Gasteiger partial charge in [-0.25, -0.2) is 4.98 Å². The van der Waals surface area contributed by atoms with E-state index >= 15 is 0 Å². The zero-order chi connectivity index (χ0) is 25.8. The zero-order valence-electron chi connectivity index (χ0n) is 22.1. The smallest absolute Gasteiger partial charge is 0.280 e. The molecule has 1 amide bonds. The van der Waals surface area contributed by atoms with Gasteiger partial charge in [0.25, 0.3) is 5.91 Å². The lowest BCUT2D eigenvalue weighted by Crippen LogP contribution is -2.38. The van der Waals surface area contributed by atoms with E-state index in [2.05, 4.69) is 49.0 Å². The highest BCUT2D eigenvalue weighted by molar-refractivity contribution is 7.97. The number of hydrogen-bond acceptors (Lipinski definition) is 7. The van der Waals surface area contributed by atoms with Crippen molar-refractivity contribution in [3.8, 4) is 10.4 Å². The van der Waals surface area contributed by atoms with E-state index in [0.717, 1.165) is 51.2 Å². The molecule has 37 heavy (non-hydrogen) atoms. The van der Waals surface area contributed by atoms with Crippen LogP contribution in [0.1, 0.15) is 81.2 Å². The molecule has 3 heterocycles. The molecule has 0 radical (unpaired) electrons. The highest BCUT2D eigenvalue weighted by atomic mass is 32.2. The number of ether oxygens (including phenoxy) is 1. The van der Waals surface area contributed by atoms with Gasteiger partial charge in [-0.1, -0.05) is 44.2 Å². The average Bonchev–Trinajstić information content (AvgIpc) is 3.31. The number of carbonyl (C=O) groups excluding carboxylic acids is 1. The van der Waals surface area contributed by atoms with Crippen molar-refractivity contribution in [3.63, 3.8) is 0 Å². The Bertz CT molecular complexity index is 1220. The molecule has 2 aliphatic rings. The molecule has 2 fully saturated rings. The molecule has 3 aromatic rings. The van der Waals surface area contributed by atoms with E-state index in [1.807, 2.05) is 12.3 Å². The molecule has 0 atom stereocenters. The van der Waals surface area contributed by atoms with Crippen LogP contribution in [0.5, 0.6) is 0 Å². The van der Waals surface area contributed by atoms with Crippen molar-refractivity contribution in [2.45, 2.75) is 88.6 Å². The van der Waals surface area contributed by atoms with Crippen molar-refractivity contribution < 1.29 is 9.53 Å². The van der Waals surface area contributed by atoms with Gasteiger partial charge in [0.05, 0.1) is 16.1 Å². The van der Waals surface area contributed by atoms with E-state index in [-0.39, 0.29) is 17.5 Å². The Morgan fingerprint density at radius 1 is 1.11 bits per heavy atom. The molecular weight excluding hydrogens is 500 g/mol. The summed E-state index contributed by atoms with van der Waals surface area (Å²) in [5, 5.41) is 4.89. The summed E-state index contributed by atoms with van der Waals surface area (Å²) in [7, 11) is 0. The Morgan fingerprint density at radius 2 is 1.89 bits per heavy atom. The average molecular weight is 539 g/mol. The van der Waals surface area contributed by atoms with Crippen molar-refractivity contribution in [3.05, 3.63) is 41.2 Å².